The van der Waals surface area contributed by atoms with E-state index in [1.807, 2.05) is 24.1 Å². The lowest BCUT2D eigenvalue weighted by Gasteiger charge is -2.44. The van der Waals surface area contributed by atoms with Crippen LogP contribution >= 0.6 is 0 Å². The van der Waals surface area contributed by atoms with E-state index in [4.69, 9.17) is 5.73 Å². The molecular weight excluding hydrogens is 274 g/mol. The molecule has 0 aromatic heterocycles. The van der Waals surface area contributed by atoms with Gasteiger partial charge >= 0.3 is 0 Å². The normalized spacial score (nSPS) is 28.1. The Morgan fingerprint density at radius 2 is 1.73 bits per heavy atom. The molecule has 120 valence electrons. The van der Waals surface area contributed by atoms with Gasteiger partial charge in [-0.1, -0.05) is 0 Å². The lowest BCUT2D eigenvalue weighted by atomic mass is 9.94. The molecule has 1 amide bonds. The third kappa shape index (κ3) is 2.72. The van der Waals surface area contributed by atoms with Gasteiger partial charge in [-0.05, 0) is 63.8 Å². The average molecular weight is 301 g/mol. The number of benzene rings is 1. The lowest BCUT2D eigenvalue weighted by molar-refractivity contribution is 0.0397. The predicted molar refractivity (Wildman–Crippen MR) is 89.8 cm³/mol. The summed E-state index contributed by atoms with van der Waals surface area (Å²) in [5, 5.41) is 0. The van der Waals surface area contributed by atoms with E-state index in [2.05, 4.69) is 18.7 Å². The smallest absolute Gasteiger partial charge is 0.253 e. The van der Waals surface area contributed by atoms with Crippen LogP contribution in [0.3, 0.4) is 0 Å². The zero-order valence-corrected chi connectivity index (χ0v) is 13.8. The minimum Gasteiger partial charge on any atom is -0.399 e. The topological polar surface area (TPSA) is 49.6 Å². The van der Waals surface area contributed by atoms with Crippen LogP contribution in [0.5, 0.6) is 0 Å². The van der Waals surface area contributed by atoms with Crippen molar-refractivity contribution in [2.75, 3.05) is 12.8 Å². The Balaban J connectivity index is 1.70. The van der Waals surface area contributed by atoms with Crippen LogP contribution in [0.25, 0.3) is 0 Å². The van der Waals surface area contributed by atoms with Crippen LogP contribution in [-0.4, -0.2) is 46.9 Å². The highest BCUT2D eigenvalue weighted by Crippen LogP contribution is 2.38. The van der Waals surface area contributed by atoms with Gasteiger partial charge in [0.25, 0.3) is 5.91 Å². The minimum atomic E-state index is 0.113. The number of nitrogen functional groups attached to an aromatic ring is 1. The maximum Gasteiger partial charge on any atom is 0.253 e. The van der Waals surface area contributed by atoms with E-state index < -0.39 is 0 Å². The number of rotatable bonds is 3. The fourth-order valence-electron chi connectivity index (χ4n) is 4.34. The number of hydrogen-bond acceptors (Lipinski definition) is 3. The first kappa shape index (κ1) is 15.3. The van der Waals surface area contributed by atoms with E-state index in [1.54, 1.807) is 12.1 Å². The van der Waals surface area contributed by atoms with Crippen LogP contribution in [0.2, 0.25) is 0 Å². The van der Waals surface area contributed by atoms with Gasteiger partial charge in [0.15, 0.2) is 0 Å². The number of nitrogens with zero attached hydrogens (tertiary/aromatic N) is 2. The number of piperidine rings is 1. The largest absolute Gasteiger partial charge is 0.399 e. The summed E-state index contributed by atoms with van der Waals surface area (Å²) in [6.07, 6.45) is 4.77. The highest BCUT2D eigenvalue weighted by molar-refractivity contribution is 5.94. The van der Waals surface area contributed by atoms with Crippen LogP contribution < -0.4 is 5.73 Å². The Morgan fingerprint density at radius 3 is 2.23 bits per heavy atom. The molecule has 2 bridgehead atoms. The Labute approximate surface area is 133 Å². The SMILES string of the molecule is CC(C)N1C2CCC1CC(N(C)C(=O)c1ccc(N)cc1)C2. The second-order valence-electron chi connectivity index (χ2n) is 7.09. The zero-order chi connectivity index (χ0) is 15.9. The summed E-state index contributed by atoms with van der Waals surface area (Å²) in [6, 6.07) is 9.50. The summed E-state index contributed by atoms with van der Waals surface area (Å²) in [6.45, 7) is 4.57. The van der Waals surface area contributed by atoms with Gasteiger partial charge in [0.05, 0.1) is 0 Å². The first-order valence-corrected chi connectivity index (χ1v) is 8.37. The van der Waals surface area contributed by atoms with Crippen molar-refractivity contribution >= 4 is 11.6 Å². The molecule has 2 aliphatic heterocycles. The van der Waals surface area contributed by atoms with Gasteiger partial charge in [0.1, 0.15) is 0 Å². The monoisotopic (exact) mass is 301 g/mol. The third-order valence-electron chi connectivity index (χ3n) is 5.39. The summed E-state index contributed by atoms with van der Waals surface area (Å²) in [4.78, 5) is 17.3. The molecule has 2 N–H and O–H groups in total. The highest BCUT2D eigenvalue weighted by Gasteiger charge is 2.43. The van der Waals surface area contributed by atoms with Gasteiger partial charge < -0.3 is 10.6 Å². The lowest BCUT2D eigenvalue weighted by Crippen LogP contribution is -2.52. The van der Waals surface area contributed by atoms with Gasteiger partial charge in [0, 0.05) is 42.5 Å². The molecule has 2 fully saturated rings. The van der Waals surface area contributed by atoms with E-state index in [0.717, 1.165) is 18.4 Å². The van der Waals surface area contributed by atoms with E-state index in [1.165, 1.54) is 12.8 Å². The zero-order valence-electron chi connectivity index (χ0n) is 13.8. The summed E-state index contributed by atoms with van der Waals surface area (Å²) in [7, 11) is 1.95. The van der Waals surface area contributed by atoms with Crippen molar-refractivity contribution in [3.05, 3.63) is 29.8 Å². The second kappa shape index (κ2) is 5.92. The van der Waals surface area contributed by atoms with E-state index in [0.29, 0.717) is 29.9 Å². The van der Waals surface area contributed by atoms with Crippen LogP contribution in [0, 0.1) is 0 Å². The molecule has 2 atom stereocenters. The van der Waals surface area contributed by atoms with E-state index in [9.17, 15) is 4.79 Å². The molecular formula is C18H27N3O. The number of fused-ring (bicyclic) bond motifs is 2. The molecule has 22 heavy (non-hydrogen) atoms. The van der Waals surface area contributed by atoms with Crippen molar-refractivity contribution in [1.82, 2.24) is 9.80 Å². The van der Waals surface area contributed by atoms with Crippen molar-refractivity contribution < 1.29 is 4.79 Å². The molecule has 3 rings (SSSR count). The number of carbonyl (C=O) groups is 1. The fourth-order valence-corrected chi connectivity index (χ4v) is 4.34. The van der Waals surface area contributed by atoms with Crippen molar-refractivity contribution in [3.63, 3.8) is 0 Å². The third-order valence-corrected chi connectivity index (χ3v) is 5.39. The molecule has 1 aromatic rings. The van der Waals surface area contributed by atoms with Gasteiger partial charge in [-0.3, -0.25) is 9.69 Å². The number of carbonyl (C=O) groups excluding carboxylic acids is 1. The van der Waals surface area contributed by atoms with Crippen molar-refractivity contribution in [2.24, 2.45) is 0 Å². The summed E-state index contributed by atoms with van der Waals surface area (Å²) in [5.41, 5.74) is 7.13. The first-order valence-electron chi connectivity index (χ1n) is 8.37. The molecule has 0 saturated carbocycles. The molecule has 0 radical (unpaired) electrons. The predicted octanol–water partition coefficient (Wildman–Crippen LogP) is 2.74. The maximum absolute atomic E-state index is 12.7. The summed E-state index contributed by atoms with van der Waals surface area (Å²) in [5.74, 6) is 0.113. The second-order valence-corrected chi connectivity index (χ2v) is 7.09. The molecule has 1 aromatic carbocycles. The maximum atomic E-state index is 12.7. The standard InChI is InChI=1S/C18H27N3O/c1-12(2)21-15-8-9-16(21)11-17(10-15)20(3)18(22)13-4-6-14(19)7-5-13/h4-7,12,15-17H,8-11,19H2,1-3H3. The molecule has 0 aliphatic carbocycles. The minimum absolute atomic E-state index is 0.113. The van der Waals surface area contributed by atoms with Crippen LogP contribution in [-0.2, 0) is 0 Å². The van der Waals surface area contributed by atoms with E-state index in [-0.39, 0.29) is 5.91 Å². The quantitative estimate of drug-likeness (QED) is 0.873. The Morgan fingerprint density at radius 1 is 1.18 bits per heavy atom. The van der Waals surface area contributed by atoms with Crippen molar-refractivity contribution in [2.45, 2.75) is 63.7 Å². The van der Waals surface area contributed by atoms with Gasteiger partial charge in [-0.2, -0.15) is 0 Å². The average Bonchev–Trinajstić information content (AvgIpc) is 2.77. The Bertz CT molecular complexity index is 526. The Kier molecular flexibility index (Phi) is 4.13. The number of amides is 1. The number of nitrogens with two attached hydrogens (primary N) is 1. The van der Waals surface area contributed by atoms with Crippen molar-refractivity contribution in [3.8, 4) is 0 Å². The van der Waals surface area contributed by atoms with Gasteiger partial charge in [-0.15, -0.1) is 0 Å². The van der Waals surface area contributed by atoms with Crippen LogP contribution in [0.15, 0.2) is 24.3 Å². The molecule has 4 nitrogen and oxygen atoms in total. The molecule has 2 aliphatic rings. The Hall–Kier alpha value is -1.55. The number of hydrogen-bond donors (Lipinski definition) is 1. The highest BCUT2D eigenvalue weighted by atomic mass is 16.2. The van der Waals surface area contributed by atoms with Crippen LogP contribution in [0.4, 0.5) is 5.69 Å². The number of anilines is 1. The first-order chi connectivity index (χ1) is 10.5. The van der Waals surface area contributed by atoms with Gasteiger partial charge in [-0.25, -0.2) is 0 Å². The summed E-state index contributed by atoms with van der Waals surface area (Å²) < 4.78 is 0. The molecule has 2 unspecified atom stereocenters. The van der Waals surface area contributed by atoms with Crippen LogP contribution in [0.1, 0.15) is 49.9 Å². The van der Waals surface area contributed by atoms with Crippen molar-refractivity contribution in [1.29, 1.82) is 0 Å². The fraction of sp³-hybridized carbons (Fsp3) is 0.611. The molecule has 4 heteroatoms. The molecule has 0 spiro atoms. The molecule has 2 heterocycles. The van der Waals surface area contributed by atoms with Gasteiger partial charge in [0.2, 0.25) is 0 Å². The summed E-state index contributed by atoms with van der Waals surface area (Å²) >= 11 is 0. The molecule has 2 saturated heterocycles. The van der Waals surface area contributed by atoms with E-state index >= 15 is 0 Å².